The molecular weight excluding hydrogens is 360 g/mol. The SMILES string of the molecule is Cc1cccc(C(=O)NC(=NCc2cccnc2)Nc2cccc(Cl)c2)c1. The first-order valence-corrected chi connectivity index (χ1v) is 8.82. The number of benzene rings is 2. The van der Waals surface area contributed by atoms with Gasteiger partial charge >= 0.3 is 0 Å². The lowest BCUT2D eigenvalue weighted by molar-refractivity contribution is 0.0977. The van der Waals surface area contributed by atoms with E-state index in [0.717, 1.165) is 16.8 Å². The summed E-state index contributed by atoms with van der Waals surface area (Å²) in [6.07, 6.45) is 3.45. The highest BCUT2D eigenvalue weighted by molar-refractivity contribution is 6.31. The summed E-state index contributed by atoms with van der Waals surface area (Å²) < 4.78 is 0. The molecular formula is C21H19ClN4O. The van der Waals surface area contributed by atoms with Crippen LogP contribution in [-0.2, 0) is 6.54 Å². The lowest BCUT2D eigenvalue weighted by Crippen LogP contribution is -2.36. The molecule has 0 aliphatic carbocycles. The van der Waals surface area contributed by atoms with Crippen molar-refractivity contribution in [3.63, 3.8) is 0 Å². The van der Waals surface area contributed by atoms with E-state index in [0.29, 0.717) is 23.1 Å². The van der Waals surface area contributed by atoms with Crippen molar-refractivity contribution in [2.45, 2.75) is 13.5 Å². The number of pyridine rings is 1. The van der Waals surface area contributed by atoms with Gasteiger partial charge in [-0.05, 0) is 48.9 Å². The number of rotatable bonds is 4. The number of halogens is 1. The van der Waals surface area contributed by atoms with E-state index in [1.807, 2.05) is 49.4 Å². The molecule has 0 saturated carbocycles. The number of hydrogen-bond donors (Lipinski definition) is 2. The molecule has 1 heterocycles. The molecule has 1 aromatic heterocycles. The van der Waals surface area contributed by atoms with Crippen LogP contribution in [0.1, 0.15) is 21.5 Å². The van der Waals surface area contributed by atoms with E-state index >= 15 is 0 Å². The molecule has 2 aromatic carbocycles. The highest BCUT2D eigenvalue weighted by Gasteiger charge is 2.10. The van der Waals surface area contributed by atoms with E-state index in [9.17, 15) is 4.79 Å². The first-order valence-electron chi connectivity index (χ1n) is 8.44. The third kappa shape index (κ3) is 5.66. The van der Waals surface area contributed by atoms with Gasteiger partial charge in [-0.25, -0.2) is 4.99 Å². The van der Waals surface area contributed by atoms with E-state index in [-0.39, 0.29) is 5.91 Å². The maximum absolute atomic E-state index is 12.6. The number of amides is 1. The fraction of sp³-hybridized carbons (Fsp3) is 0.0952. The van der Waals surface area contributed by atoms with E-state index < -0.39 is 0 Å². The minimum atomic E-state index is -0.238. The number of nitrogens with one attached hydrogen (secondary N) is 2. The van der Waals surface area contributed by atoms with Crippen LogP contribution in [0.4, 0.5) is 5.69 Å². The van der Waals surface area contributed by atoms with E-state index in [1.165, 1.54) is 0 Å². The van der Waals surface area contributed by atoms with Crippen LogP contribution >= 0.6 is 11.6 Å². The predicted molar refractivity (Wildman–Crippen MR) is 109 cm³/mol. The lowest BCUT2D eigenvalue weighted by Gasteiger charge is -2.12. The summed E-state index contributed by atoms with van der Waals surface area (Å²) in [5.74, 6) is 0.103. The van der Waals surface area contributed by atoms with Crippen molar-refractivity contribution in [3.05, 3.63) is 94.8 Å². The standard InChI is InChI=1S/C21H19ClN4O/c1-15-5-2-7-17(11-15)20(27)26-21(24-14-16-6-4-10-23-13-16)25-19-9-3-8-18(22)12-19/h2-13H,14H2,1H3,(H2,24,25,26,27). The minimum absolute atomic E-state index is 0.238. The maximum Gasteiger partial charge on any atom is 0.257 e. The van der Waals surface area contributed by atoms with Gasteiger partial charge in [-0.2, -0.15) is 0 Å². The van der Waals surface area contributed by atoms with Gasteiger partial charge in [-0.15, -0.1) is 0 Å². The average molecular weight is 379 g/mol. The van der Waals surface area contributed by atoms with Gasteiger partial charge in [-0.3, -0.25) is 15.1 Å². The molecule has 5 nitrogen and oxygen atoms in total. The van der Waals surface area contributed by atoms with E-state index in [4.69, 9.17) is 11.6 Å². The summed E-state index contributed by atoms with van der Waals surface area (Å²) in [5.41, 5.74) is 3.25. The molecule has 0 bridgehead atoms. The normalized spacial score (nSPS) is 11.1. The van der Waals surface area contributed by atoms with Gasteiger partial charge in [-0.1, -0.05) is 41.4 Å². The Bertz CT molecular complexity index is 957. The van der Waals surface area contributed by atoms with Crippen LogP contribution in [0.2, 0.25) is 5.02 Å². The van der Waals surface area contributed by atoms with Crippen molar-refractivity contribution < 1.29 is 4.79 Å². The van der Waals surface area contributed by atoms with Gasteiger partial charge in [0.2, 0.25) is 5.96 Å². The number of carbonyl (C=O) groups is 1. The van der Waals surface area contributed by atoms with E-state index in [1.54, 1.807) is 30.6 Å². The highest BCUT2D eigenvalue weighted by atomic mass is 35.5. The van der Waals surface area contributed by atoms with Crippen LogP contribution in [0.5, 0.6) is 0 Å². The Morgan fingerprint density at radius 3 is 2.70 bits per heavy atom. The molecule has 3 aromatic rings. The van der Waals surface area contributed by atoms with Crippen LogP contribution in [0.3, 0.4) is 0 Å². The lowest BCUT2D eigenvalue weighted by atomic mass is 10.1. The molecule has 6 heteroatoms. The number of aryl methyl sites for hydroxylation is 1. The predicted octanol–water partition coefficient (Wildman–Crippen LogP) is 4.44. The minimum Gasteiger partial charge on any atom is -0.326 e. The van der Waals surface area contributed by atoms with Crippen molar-refractivity contribution >= 4 is 29.2 Å². The number of carbonyl (C=O) groups excluding carboxylic acids is 1. The molecule has 136 valence electrons. The van der Waals surface area contributed by atoms with E-state index in [2.05, 4.69) is 20.6 Å². The van der Waals surface area contributed by atoms with Crippen molar-refractivity contribution in [1.82, 2.24) is 10.3 Å². The Labute approximate surface area is 163 Å². The fourth-order valence-corrected chi connectivity index (χ4v) is 2.63. The topological polar surface area (TPSA) is 66.4 Å². The molecule has 0 saturated heterocycles. The van der Waals surface area contributed by atoms with Gasteiger partial charge < -0.3 is 5.32 Å². The van der Waals surface area contributed by atoms with Crippen LogP contribution in [-0.4, -0.2) is 16.9 Å². The number of anilines is 1. The fourth-order valence-electron chi connectivity index (χ4n) is 2.44. The molecule has 2 N–H and O–H groups in total. The van der Waals surface area contributed by atoms with Crippen molar-refractivity contribution in [3.8, 4) is 0 Å². The molecule has 0 aliphatic heterocycles. The third-order valence-electron chi connectivity index (χ3n) is 3.74. The second kappa shape index (κ2) is 8.96. The first kappa shape index (κ1) is 18.6. The summed E-state index contributed by atoms with van der Waals surface area (Å²) in [6.45, 7) is 2.32. The number of hydrogen-bond acceptors (Lipinski definition) is 3. The summed E-state index contributed by atoms with van der Waals surface area (Å²) >= 11 is 6.04. The van der Waals surface area contributed by atoms with Gasteiger partial charge in [0.05, 0.1) is 6.54 Å². The molecule has 0 radical (unpaired) electrons. The molecule has 0 unspecified atom stereocenters. The van der Waals surface area contributed by atoms with Gasteiger partial charge in [0.15, 0.2) is 0 Å². The van der Waals surface area contributed by atoms with Gasteiger partial charge in [0.1, 0.15) is 0 Å². The molecule has 0 spiro atoms. The zero-order valence-electron chi connectivity index (χ0n) is 14.8. The van der Waals surface area contributed by atoms with Gasteiger partial charge in [0.25, 0.3) is 5.91 Å². The van der Waals surface area contributed by atoms with Crippen molar-refractivity contribution in [2.24, 2.45) is 4.99 Å². The largest absolute Gasteiger partial charge is 0.326 e. The maximum atomic E-state index is 12.6. The molecule has 0 aliphatic rings. The number of aliphatic imine (C=N–C) groups is 1. The zero-order chi connectivity index (χ0) is 19.1. The van der Waals surface area contributed by atoms with Crippen LogP contribution in [0.25, 0.3) is 0 Å². The number of guanidine groups is 1. The first-order chi connectivity index (χ1) is 13.1. The summed E-state index contributed by atoms with van der Waals surface area (Å²) in [5, 5.41) is 6.55. The van der Waals surface area contributed by atoms with Crippen LogP contribution < -0.4 is 10.6 Å². The molecule has 1 amide bonds. The quantitative estimate of drug-likeness (QED) is 0.521. The van der Waals surface area contributed by atoms with Crippen molar-refractivity contribution in [2.75, 3.05) is 5.32 Å². The van der Waals surface area contributed by atoms with Crippen LogP contribution in [0, 0.1) is 6.92 Å². The molecule has 3 rings (SSSR count). The Hall–Kier alpha value is -3.18. The smallest absolute Gasteiger partial charge is 0.257 e. The third-order valence-corrected chi connectivity index (χ3v) is 3.98. The number of nitrogens with zero attached hydrogens (tertiary/aromatic N) is 2. The Balaban J connectivity index is 1.81. The molecule has 0 atom stereocenters. The molecule has 27 heavy (non-hydrogen) atoms. The Kier molecular flexibility index (Phi) is 6.18. The second-order valence-corrected chi connectivity index (χ2v) is 6.42. The molecule has 0 fully saturated rings. The monoisotopic (exact) mass is 378 g/mol. The summed E-state index contributed by atoms with van der Waals surface area (Å²) in [7, 11) is 0. The second-order valence-electron chi connectivity index (χ2n) is 5.99. The average Bonchev–Trinajstić information content (AvgIpc) is 2.67. The number of aromatic nitrogens is 1. The Morgan fingerprint density at radius 2 is 1.96 bits per heavy atom. The van der Waals surface area contributed by atoms with Gasteiger partial charge in [0, 0.05) is 28.7 Å². The summed E-state index contributed by atoms with van der Waals surface area (Å²) in [4.78, 5) is 21.2. The highest BCUT2D eigenvalue weighted by Crippen LogP contribution is 2.15. The summed E-state index contributed by atoms with van der Waals surface area (Å²) in [6, 6.07) is 18.4. The van der Waals surface area contributed by atoms with Crippen molar-refractivity contribution in [1.29, 1.82) is 0 Å². The Morgan fingerprint density at radius 1 is 1.11 bits per heavy atom. The zero-order valence-corrected chi connectivity index (χ0v) is 15.6. The van der Waals surface area contributed by atoms with Crippen LogP contribution in [0.15, 0.2) is 78.0 Å².